The van der Waals surface area contributed by atoms with Crippen molar-refractivity contribution in [3.8, 4) is 0 Å². The van der Waals surface area contributed by atoms with E-state index in [2.05, 4.69) is 43.0 Å². The number of benzene rings is 1. The number of rotatable bonds is 3. The maximum atomic E-state index is 13.1. The van der Waals surface area contributed by atoms with E-state index < -0.39 is 11.9 Å². The Morgan fingerprint density at radius 1 is 1.00 bits per heavy atom. The molecule has 1 aromatic rings. The molecule has 1 aromatic carbocycles. The van der Waals surface area contributed by atoms with Gasteiger partial charge in [0.15, 0.2) is 0 Å². The van der Waals surface area contributed by atoms with Gasteiger partial charge in [-0.15, -0.1) is 0 Å². The van der Waals surface area contributed by atoms with E-state index in [1.54, 1.807) is 0 Å². The van der Waals surface area contributed by atoms with Crippen molar-refractivity contribution >= 4 is 17.6 Å². The summed E-state index contributed by atoms with van der Waals surface area (Å²) in [5.74, 6) is -1.58. The van der Waals surface area contributed by atoms with Gasteiger partial charge in [0.1, 0.15) is 0 Å². The Kier molecular flexibility index (Phi) is 4.25. The van der Waals surface area contributed by atoms with Crippen LogP contribution in [0.4, 0.5) is 5.69 Å². The Labute approximate surface area is 154 Å². The van der Waals surface area contributed by atoms with Crippen LogP contribution in [0.5, 0.6) is 0 Å². The third-order valence-electron chi connectivity index (χ3n) is 6.54. The summed E-state index contributed by atoms with van der Waals surface area (Å²) in [6.45, 7) is 7.18. The SMILES string of the molecule is Cc1cccc(N2CCN(C(=O)[C@H]3[C@H](C(=O)O)[C@H]4C=C[C@H]3C4)CC2)c1C. The number of nitrogens with zero attached hydrogens (tertiary/aromatic N) is 2. The number of carbonyl (C=O) groups excluding carboxylic acids is 1. The van der Waals surface area contributed by atoms with Crippen LogP contribution in [0.25, 0.3) is 0 Å². The standard InChI is InChI=1S/C21H26N2O3/c1-13-4-3-5-17(14(13)2)22-8-10-23(11-9-22)20(24)18-15-6-7-16(12-15)19(18)21(25)26/h3-7,15-16,18-19H,8-12H2,1-2H3,(H,25,26)/t15-,16-,18+,19+/m0/s1. The zero-order valence-electron chi connectivity index (χ0n) is 15.4. The second kappa shape index (κ2) is 6.45. The summed E-state index contributed by atoms with van der Waals surface area (Å²) in [7, 11) is 0. The van der Waals surface area contributed by atoms with Crippen LogP contribution in [-0.4, -0.2) is 48.1 Å². The fraction of sp³-hybridized carbons (Fsp3) is 0.524. The van der Waals surface area contributed by atoms with E-state index in [1.807, 2.05) is 11.0 Å². The molecule has 26 heavy (non-hydrogen) atoms. The summed E-state index contributed by atoms with van der Waals surface area (Å²) >= 11 is 0. The highest BCUT2D eigenvalue weighted by atomic mass is 16.4. The molecule has 1 saturated carbocycles. The van der Waals surface area contributed by atoms with Crippen molar-refractivity contribution < 1.29 is 14.7 Å². The fourth-order valence-electron chi connectivity index (χ4n) is 4.95. The van der Waals surface area contributed by atoms with Crippen molar-refractivity contribution in [2.24, 2.45) is 23.7 Å². The number of carboxylic acids is 1. The lowest BCUT2D eigenvalue weighted by Crippen LogP contribution is -2.52. The predicted octanol–water partition coefficient (Wildman–Crippen LogP) is 2.47. The second-order valence-corrected chi connectivity index (χ2v) is 7.87. The first-order valence-corrected chi connectivity index (χ1v) is 9.48. The molecule has 2 bridgehead atoms. The van der Waals surface area contributed by atoms with Gasteiger partial charge in [-0.3, -0.25) is 9.59 Å². The van der Waals surface area contributed by atoms with E-state index in [0.29, 0.717) is 13.1 Å². The van der Waals surface area contributed by atoms with Crippen LogP contribution >= 0.6 is 0 Å². The van der Waals surface area contributed by atoms with Crippen molar-refractivity contribution in [3.63, 3.8) is 0 Å². The van der Waals surface area contributed by atoms with Gasteiger partial charge < -0.3 is 14.9 Å². The Balaban J connectivity index is 1.45. The van der Waals surface area contributed by atoms with Crippen LogP contribution in [0.3, 0.4) is 0 Å². The van der Waals surface area contributed by atoms with Crippen LogP contribution < -0.4 is 4.90 Å². The van der Waals surface area contributed by atoms with E-state index in [1.165, 1.54) is 16.8 Å². The van der Waals surface area contributed by atoms with Gasteiger partial charge in [0.2, 0.25) is 5.91 Å². The van der Waals surface area contributed by atoms with Gasteiger partial charge in [-0.05, 0) is 49.3 Å². The summed E-state index contributed by atoms with van der Waals surface area (Å²) < 4.78 is 0. The zero-order chi connectivity index (χ0) is 18.4. The summed E-state index contributed by atoms with van der Waals surface area (Å²) in [6, 6.07) is 6.34. The highest BCUT2D eigenvalue weighted by Gasteiger charge is 2.52. The minimum Gasteiger partial charge on any atom is -0.481 e. The highest BCUT2D eigenvalue weighted by Crippen LogP contribution is 2.48. The number of piperazine rings is 1. The van der Waals surface area contributed by atoms with Gasteiger partial charge in [-0.1, -0.05) is 24.3 Å². The van der Waals surface area contributed by atoms with Gasteiger partial charge in [0.25, 0.3) is 0 Å². The maximum Gasteiger partial charge on any atom is 0.307 e. The minimum absolute atomic E-state index is 0.0303. The van der Waals surface area contributed by atoms with E-state index >= 15 is 0 Å². The number of hydrogen-bond donors (Lipinski definition) is 1. The first kappa shape index (κ1) is 17.1. The molecular formula is C21H26N2O3. The van der Waals surface area contributed by atoms with Crippen molar-refractivity contribution in [1.29, 1.82) is 0 Å². The van der Waals surface area contributed by atoms with Gasteiger partial charge >= 0.3 is 5.97 Å². The molecule has 2 aliphatic carbocycles. The second-order valence-electron chi connectivity index (χ2n) is 7.87. The smallest absolute Gasteiger partial charge is 0.307 e. The molecule has 0 radical (unpaired) electrons. The average molecular weight is 354 g/mol. The van der Waals surface area contributed by atoms with Crippen LogP contribution in [0, 0.1) is 37.5 Å². The van der Waals surface area contributed by atoms with Crippen molar-refractivity contribution in [1.82, 2.24) is 4.90 Å². The fourth-order valence-corrected chi connectivity index (χ4v) is 4.95. The van der Waals surface area contributed by atoms with E-state index in [4.69, 9.17) is 0 Å². The van der Waals surface area contributed by atoms with Crippen LogP contribution in [-0.2, 0) is 9.59 Å². The normalized spacial score (nSPS) is 30.1. The zero-order valence-corrected chi connectivity index (χ0v) is 15.4. The molecule has 138 valence electrons. The van der Waals surface area contributed by atoms with Crippen LogP contribution in [0.1, 0.15) is 17.5 Å². The Hall–Kier alpha value is -2.30. The predicted molar refractivity (Wildman–Crippen MR) is 100 cm³/mol. The Morgan fingerprint density at radius 2 is 1.65 bits per heavy atom. The van der Waals surface area contributed by atoms with E-state index in [0.717, 1.165) is 19.5 Å². The molecule has 5 nitrogen and oxygen atoms in total. The lowest BCUT2D eigenvalue weighted by Gasteiger charge is -2.39. The minimum atomic E-state index is -0.825. The topological polar surface area (TPSA) is 60.9 Å². The summed E-state index contributed by atoms with van der Waals surface area (Å²) in [4.78, 5) is 29.0. The average Bonchev–Trinajstić information content (AvgIpc) is 3.25. The monoisotopic (exact) mass is 354 g/mol. The number of allylic oxidation sites excluding steroid dienone is 2. The summed E-state index contributed by atoms with van der Waals surface area (Å²) in [5, 5.41) is 9.59. The molecule has 1 aliphatic heterocycles. The van der Waals surface area contributed by atoms with E-state index in [-0.39, 0.29) is 23.7 Å². The number of hydrogen-bond acceptors (Lipinski definition) is 3. The Bertz CT molecular complexity index is 765. The first-order chi connectivity index (χ1) is 12.5. The largest absolute Gasteiger partial charge is 0.481 e. The molecule has 4 atom stereocenters. The molecule has 1 amide bonds. The van der Waals surface area contributed by atoms with Crippen LogP contribution in [0.2, 0.25) is 0 Å². The molecule has 0 unspecified atom stereocenters. The molecular weight excluding hydrogens is 328 g/mol. The number of fused-ring (bicyclic) bond motifs is 2. The molecule has 2 fully saturated rings. The number of carboxylic acid groups (broad SMARTS) is 1. The molecule has 4 rings (SSSR count). The quantitative estimate of drug-likeness (QED) is 0.847. The highest BCUT2D eigenvalue weighted by molar-refractivity contribution is 5.87. The molecule has 0 aromatic heterocycles. The van der Waals surface area contributed by atoms with Crippen molar-refractivity contribution in [2.75, 3.05) is 31.1 Å². The lowest BCUT2D eigenvalue weighted by atomic mass is 9.82. The Morgan fingerprint density at radius 3 is 2.31 bits per heavy atom. The number of anilines is 1. The molecule has 1 heterocycles. The van der Waals surface area contributed by atoms with Gasteiger partial charge in [-0.25, -0.2) is 0 Å². The molecule has 1 saturated heterocycles. The first-order valence-electron chi connectivity index (χ1n) is 9.48. The molecule has 1 N–H and O–H groups in total. The van der Waals surface area contributed by atoms with Gasteiger partial charge in [-0.2, -0.15) is 0 Å². The molecule has 3 aliphatic rings. The number of amides is 1. The maximum absolute atomic E-state index is 13.1. The van der Waals surface area contributed by atoms with Gasteiger partial charge in [0.05, 0.1) is 11.8 Å². The van der Waals surface area contributed by atoms with Crippen molar-refractivity contribution in [3.05, 3.63) is 41.5 Å². The molecule has 5 heteroatoms. The summed E-state index contributed by atoms with van der Waals surface area (Å²) in [6.07, 6.45) is 4.86. The number of carbonyl (C=O) groups is 2. The summed E-state index contributed by atoms with van der Waals surface area (Å²) in [5.41, 5.74) is 3.80. The number of aryl methyl sites for hydroxylation is 1. The van der Waals surface area contributed by atoms with Crippen LogP contribution in [0.15, 0.2) is 30.4 Å². The lowest BCUT2D eigenvalue weighted by molar-refractivity contribution is -0.151. The van der Waals surface area contributed by atoms with Crippen molar-refractivity contribution in [2.45, 2.75) is 20.3 Å². The number of aliphatic carboxylic acids is 1. The van der Waals surface area contributed by atoms with Gasteiger partial charge in [0, 0.05) is 31.9 Å². The molecule has 0 spiro atoms. The van der Waals surface area contributed by atoms with E-state index in [9.17, 15) is 14.7 Å². The third kappa shape index (κ3) is 2.70. The third-order valence-corrected chi connectivity index (χ3v) is 6.54.